The standard InChI is InChI=1S/C12H12BrN3O3/c1-18-8-2-3-10(13)9(6-8)12(17)14-5-4-11-15-7-16-19-11/h2-3,6-7H,4-5H2,1H3,(H,14,17). The van der Waals surface area contributed by atoms with Crippen LogP contribution in [0.5, 0.6) is 5.75 Å². The molecule has 0 saturated carbocycles. The van der Waals surface area contributed by atoms with E-state index in [2.05, 4.69) is 31.4 Å². The van der Waals surface area contributed by atoms with Gasteiger partial charge in [0.15, 0.2) is 6.33 Å². The lowest BCUT2D eigenvalue weighted by Crippen LogP contribution is -2.26. The molecule has 0 fully saturated rings. The maximum absolute atomic E-state index is 12.0. The number of methoxy groups -OCH3 is 1. The van der Waals surface area contributed by atoms with E-state index < -0.39 is 0 Å². The van der Waals surface area contributed by atoms with Crippen LogP contribution in [-0.2, 0) is 6.42 Å². The van der Waals surface area contributed by atoms with Gasteiger partial charge in [-0.15, -0.1) is 0 Å². The highest BCUT2D eigenvalue weighted by Gasteiger charge is 2.11. The number of benzene rings is 1. The van der Waals surface area contributed by atoms with Gasteiger partial charge in [0.25, 0.3) is 5.91 Å². The van der Waals surface area contributed by atoms with Crippen LogP contribution < -0.4 is 10.1 Å². The van der Waals surface area contributed by atoms with Crippen LogP contribution in [0, 0.1) is 0 Å². The molecule has 1 aromatic heterocycles. The van der Waals surface area contributed by atoms with E-state index in [9.17, 15) is 4.79 Å². The zero-order valence-corrected chi connectivity index (χ0v) is 11.8. The summed E-state index contributed by atoms with van der Waals surface area (Å²) in [5, 5.41) is 6.27. The topological polar surface area (TPSA) is 77.2 Å². The Kier molecular flexibility index (Phi) is 4.51. The highest BCUT2D eigenvalue weighted by Crippen LogP contribution is 2.22. The maximum Gasteiger partial charge on any atom is 0.252 e. The first-order valence-corrected chi connectivity index (χ1v) is 6.37. The van der Waals surface area contributed by atoms with Crippen molar-refractivity contribution in [2.45, 2.75) is 6.42 Å². The fraction of sp³-hybridized carbons (Fsp3) is 0.250. The normalized spacial score (nSPS) is 10.2. The van der Waals surface area contributed by atoms with Gasteiger partial charge in [0.05, 0.1) is 12.7 Å². The van der Waals surface area contributed by atoms with Gasteiger partial charge in [-0.2, -0.15) is 4.98 Å². The Hall–Kier alpha value is -1.89. The molecule has 0 radical (unpaired) electrons. The van der Waals surface area contributed by atoms with Gasteiger partial charge in [0.1, 0.15) is 5.75 Å². The van der Waals surface area contributed by atoms with Crippen molar-refractivity contribution in [3.8, 4) is 5.75 Å². The van der Waals surface area contributed by atoms with Crippen LogP contribution in [0.15, 0.2) is 33.5 Å². The van der Waals surface area contributed by atoms with Crippen LogP contribution in [0.1, 0.15) is 16.2 Å². The Morgan fingerprint density at radius 1 is 1.53 bits per heavy atom. The predicted octanol–water partition coefficient (Wildman–Crippen LogP) is 1.81. The van der Waals surface area contributed by atoms with Crippen molar-refractivity contribution in [2.75, 3.05) is 13.7 Å². The molecule has 1 amide bonds. The minimum absolute atomic E-state index is 0.190. The number of aromatic nitrogens is 2. The Labute approximate surface area is 118 Å². The third-order valence-electron chi connectivity index (χ3n) is 2.45. The largest absolute Gasteiger partial charge is 0.497 e. The second-order valence-corrected chi connectivity index (χ2v) is 4.54. The molecule has 7 heteroatoms. The molecule has 0 bridgehead atoms. The molecule has 1 aromatic carbocycles. The highest BCUT2D eigenvalue weighted by molar-refractivity contribution is 9.10. The number of hydrogen-bond acceptors (Lipinski definition) is 5. The molecule has 100 valence electrons. The first-order chi connectivity index (χ1) is 9.20. The Morgan fingerprint density at radius 3 is 3.05 bits per heavy atom. The molecule has 1 heterocycles. The van der Waals surface area contributed by atoms with Gasteiger partial charge < -0.3 is 14.6 Å². The number of nitrogens with zero attached hydrogens (tertiary/aromatic N) is 2. The van der Waals surface area contributed by atoms with Crippen LogP contribution >= 0.6 is 15.9 Å². The quantitative estimate of drug-likeness (QED) is 0.907. The first-order valence-electron chi connectivity index (χ1n) is 5.58. The van der Waals surface area contributed by atoms with Gasteiger partial charge in [0.2, 0.25) is 5.89 Å². The summed E-state index contributed by atoms with van der Waals surface area (Å²) in [6, 6.07) is 5.22. The van der Waals surface area contributed by atoms with Gasteiger partial charge in [-0.25, -0.2) is 0 Å². The summed E-state index contributed by atoms with van der Waals surface area (Å²) in [5.74, 6) is 0.931. The number of amides is 1. The molecular weight excluding hydrogens is 314 g/mol. The molecule has 19 heavy (non-hydrogen) atoms. The van der Waals surface area contributed by atoms with E-state index in [4.69, 9.17) is 9.26 Å². The van der Waals surface area contributed by atoms with Crippen molar-refractivity contribution in [1.82, 2.24) is 15.5 Å². The summed E-state index contributed by atoms with van der Waals surface area (Å²) < 4.78 is 10.6. The van der Waals surface area contributed by atoms with Crippen molar-refractivity contribution in [3.05, 3.63) is 40.5 Å². The third-order valence-corrected chi connectivity index (χ3v) is 3.14. The fourth-order valence-corrected chi connectivity index (χ4v) is 1.92. The van der Waals surface area contributed by atoms with Gasteiger partial charge in [-0.3, -0.25) is 4.79 Å². The number of rotatable bonds is 5. The van der Waals surface area contributed by atoms with E-state index in [0.29, 0.717) is 34.6 Å². The van der Waals surface area contributed by atoms with Gasteiger partial charge in [0, 0.05) is 17.4 Å². The van der Waals surface area contributed by atoms with E-state index in [1.54, 1.807) is 25.3 Å². The van der Waals surface area contributed by atoms with Crippen LogP contribution in [0.25, 0.3) is 0 Å². The monoisotopic (exact) mass is 325 g/mol. The zero-order valence-electron chi connectivity index (χ0n) is 10.2. The Balaban J connectivity index is 1.95. The second-order valence-electron chi connectivity index (χ2n) is 3.69. The molecule has 0 aliphatic heterocycles. The third kappa shape index (κ3) is 3.54. The molecule has 1 N–H and O–H groups in total. The minimum Gasteiger partial charge on any atom is -0.497 e. The Bertz CT molecular complexity index is 557. The number of carbonyl (C=O) groups excluding carboxylic acids is 1. The molecule has 0 unspecified atom stereocenters. The predicted molar refractivity (Wildman–Crippen MR) is 71.0 cm³/mol. The number of carbonyl (C=O) groups is 1. The van der Waals surface area contributed by atoms with Crippen molar-refractivity contribution in [1.29, 1.82) is 0 Å². The molecule has 2 rings (SSSR count). The van der Waals surface area contributed by atoms with E-state index in [1.165, 1.54) is 6.33 Å². The van der Waals surface area contributed by atoms with E-state index in [0.717, 1.165) is 0 Å². The van der Waals surface area contributed by atoms with Gasteiger partial charge in [-0.1, -0.05) is 5.16 Å². The average molecular weight is 326 g/mol. The Morgan fingerprint density at radius 2 is 2.37 bits per heavy atom. The van der Waals surface area contributed by atoms with Crippen molar-refractivity contribution in [2.24, 2.45) is 0 Å². The summed E-state index contributed by atoms with van der Waals surface area (Å²) in [5.41, 5.74) is 0.518. The second kappa shape index (κ2) is 6.33. The number of ether oxygens (including phenoxy) is 1. The van der Waals surface area contributed by atoms with E-state index >= 15 is 0 Å². The van der Waals surface area contributed by atoms with Crippen molar-refractivity contribution in [3.63, 3.8) is 0 Å². The lowest BCUT2D eigenvalue weighted by Gasteiger charge is -2.07. The molecule has 2 aromatic rings. The lowest BCUT2D eigenvalue weighted by atomic mass is 10.2. The summed E-state index contributed by atoms with van der Waals surface area (Å²) in [6.07, 6.45) is 1.82. The van der Waals surface area contributed by atoms with Gasteiger partial charge in [-0.05, 0) is 34.1 Å². The molecule has 6 nitrogen and oxygen atoms in total. The van der Waals surface area contributed by atoms with Crippen LogP contribution in [0.3, 0.4) is 0 Å². The summed E-state index contributed by atoms with van der Waals surface area (Å²) >= 11 is 3.33. The molecule has 0 aliphatic rings. The van der Waals surface area contributed by atoms with Crippen LogP contribution in [0.4, 0.5) is 0 Å². The van der Waals surface area contributed by atoms with Gasteiger partial charge >= 0.3 is 0 Å². The lowest BCUT2D eigenvalue weighted by molar-refractivity contribution is 0.0952. The van der Waals surface area contributed by atoms with Crippen molar-refractivity contribution >= 4 is 21.8 Å². The summed E-state index contributed by atoms with van der Waals surface area (Å²) in [6.45, 7) is 0.421. The van der Waals surface area contributed by atoms with Crippen LogP contribution in [-0.4, -0.2) is 29.7 Å². The SMILES string of the molecule is COc1ccc(Br)c(C(=O)NCCc2ncno2)c1. The fourth-order valence-electron chi connectivity index (χ4n) is 1.49. The number of nitrogens with one attached hydrogen (secondary N) is 1. The molecule has 0 atom stereocenters. The average Bonchev–Trinajstić information content (AvgIpc) is 2.92. The molecule has 0 saturated heterocycles. The summed E-state index contributed by atoms with van der Waals surface area (Å²) in [4.78, 5) is 15.9. The smallest absolute Gasteiger partial charge is 0.252 e. The molecular formula is C12H12BrN3O3. The van der Waals surface area contributed by atoms with Crippen LogP contribution in [0.2, 0.25) is 0 Å². The molecule has 0 aliphatic carbocycles. The van der Waals surface area contributed by atoms with E-state index in [1.807, 2.05) is 0 Å². The van der Waals surface area contributed by atoms with Crippen molar-refractivity contribution < 1.29 is 14.1 Å². The molecule has 0 spiro atoms. The summed E-state index contributed by atoms with van der Waals surface area (Å²) in [7, 11) is 1.56. The first kappa shape index (κ1) is 13.5. The van der Waals surface area contributed by atoms with E-state index in [-0.39, 0.29) is 5.91 Å². The minimum atomic E-state index is -0.190. The number of halogens is 1. The highest BCUT2D eigenvalue weighted by atomic mass is 79.9. The number of hydrogen-bond donors (Lipinski definition) is 1. The zero-order chi connectivity index (χ0) is 13.7. The maximum atomic E-state index is 12.0.